The number of nitrogens with two attached hydrogens (primary N) is 1. The van der Waals surface area contributed by atoms with Gasteiger partial charge in [0.1, 0.15) is 11.6 Å². The van der Waals surface area contributed by atoms with Gasteiger partial charge in [-0.3, -0.25) is 4.79 Å². The van der Waals surface area contributed by atoms with Crippen molar-refractivity contribution in [1.29, 1.82) is 0 Å². The molecule has 2 aromatic carbocycles. The molecule has 0 unspecified atom stereocenters. The van der Waals surface area contributed by atoms with E-state index in [-0.39, 0.29) is 11.7 Å². The van der Waals surface area contributed by atoms with Crippen LogP contribution in [0.2, 0.25) is 0 Å². The third-order valence-electron chi connectivity index (χ3n) is 2.91. The first-order valence-corrected chi connectivity index (χ1v) is 6.02. The molecule has 0 spiro atoms. The standard InChI is InChI=1S/C15H15FN2O2/c1-9-7-10(16)3-6-13(9)18-15(19)12-5-4-11(17)8-14(12)20-2/h3-8H,17H2,1-2H3,(H,18,19). The number of rotatable bonds is 3. The summed E-state index contributed by atoms with van der Waals surface area (Å²) in [7, 11) is 1.47. The van der Waals surface area contributed by atoms with E-state index in [0.29, 0.717) is 28.3 Å². The Morgan fingerprint density at radius 1 is 1.25 bits per heavy atom. The summed E-state index contributed by atoms with van der Waals surface area (Å²) >= 11 is 0. The van der Waals surface area contributed by atoms with Crippen LogP contribution in [0.25, 0.3) is 0 Å². The monoisotopic (exact) mass is 274 g/mol. The number of hydrogen-bond donors (Lipinski definition) is 2. The molecule has 0 aromatic heterocycles. The van der Waals surface area contributed by atoms with Gasteiger partial charge in [0, 0.05) is 17.4 Å². The molecule has 2 aromatic rings. The van der Waals surface area contributed by atoms with Gasteiger partial charge in [0.05, 0.1) is 12.7 Å². The van der Waals surface area contributed by atoms with E-state index in [0.717, 1.165) is 0 Å². The summed E-state index contributed by atoms with van der Waals surface area (Å²) in [5.74, 6) is -0.288. The van der Waals surface area contributed by atoms with Crippen LogP contribution in [0.4, 0.5) is 15.8 Å². The number of anilines is 2. The topological polar surface area (TPSA) is 64.3 Å². The maximum atomic E-state index is 13.0. The van der Waals surface area contributed by atoms with Gasteiger partial charge in [-0.2, -0.15) is 0 Å². The van der Waals surface area contributed by atoms with E-state index in [1.807, 2.05) is 0 Å². The molecule has 0 atom stereocenters. The molecule has 0 fully saturated rings. The Morgan fingerprint density at radius 2 is 2.00 bits per heavy atom. The van der Waals surface area contributed by atoms with E-state index in [2.05, 4.69) is 5.32 Å². The van der Waals surface area contributed by atoms with Crippen molar-refractivity contribution < 1.29 is 13.9 Å². The predicted octanol–water partition coefficient (Wildman–Crippen LogP) is 2.98. The number of amides is 1. The second kappa shape index (κ2) is 5.61. The highest BCUT2D eigenvalue weighted by Crippen LogP contribution is 2.23. The minimum absolute atomic E-state index is 0.337. The molecule has 0 heterocycles. The van der Waals surface area contributed by atoms with Crippen molar-refractivity contribution in [3.05, 3.63) is 53.3 Å². The predicted molar refractivity (Wildman–Crippen MR) is 76.5 cm³/mol. The van der Waals surface area contributed by atoms with E-state index < -0.39 is 0 Å². The third kappa shape index (κ3) is 2.88. The normalized spacial score (nSPS) is 10.2. The van der Waals surface area contributed by atoms with Gasteiger partial charge >= 0.3 is 0 Å². The lowest BCUT2D eigenvalue weighted by Gasteiger charge is -2.11. The zero-order valence-corrected chi connectivity index (χ0v) is 11.2. The Hall–Kier alpha value is -2.56. The summed E-state index contributed by atoms with van der Waals surface area (Å²) in [6, 6.07) is 8.95. The van der Waals surface area contributed by atoms with Crippen molar-refractivity contribution in [3.8, 4) is 5.75 Å². The molecule has 0 bridgehead atoms. The number of benzene rings is 2. The number of hydrogen-bond acceptors (Lipinski definition) is 3. The van der Waals surface area contributed by atoms with E-state index in [4.69, 9.17) is 10.5 Å². The Balaban J connectivity index is 2.28. The van der Waals surface area contributed by atoms with Gasteiger partial charge < -0.3 is 15.8 Å². The van der Waals surface area contributed by atoms with Crippen LogP contribution in [-0.2, 0) is 0 Å². The van der Waals surface area contributed by atoms with Crippen LogP contribution in [0.1, 0.15) is 15.9 Å². The molecular formula is C15H15FN2O2. The van der Waals surface area contributed by atoms with E-state index in [9.17, 15) is 9.18 Å². The molecule has 20 heavy (non-hydrogen) atoms. The summed E-state index contributed by atoms with van der Waals surface area (Å²) in [6.07, 6.45) is 0. The van der Waals surface area contributed by atoms with Crippen LogP contribution in [0.3, 0.4) is 0 Å². The minimum Gasteiger partial charge on any atom is -0.496 e. The van der Waals surface area contributed by atoms with Crippen molar-refractivity contribution in [2.75, 3.05) is 18.2 Å². The van der Waals surface area contributed by atoms with E-state index in [1.165, 1.54) is 25.3 Å². The van der Waals surface area contributed by atoms with Crippen LogP contribution in [0.5, 0.6) is 5.75 Å². The fourth-order valence-electron chi connectivity index (χ4n) is 1.85. The number of methoxy groups -OCH3 is 1. The van der Waals surface area contributed by atoms with Crippen molar-refractivity contribution >= 4 is 17.3 Å². The zero-order chi connectivity index (χ0) is 14.7. The van der Waals surface area contributed by atoms with Crippen molar-refractivity contribution in [2.24, 2.45) is 0 Å². The molecule has 1 amide bonds. The first-order valence-electron chi connectivity index (χ1n) is 6.02. The zero-order valence-electron chi connectivity index (χ0n) is 11.2. The van der Waals surface area contributed by atoms with Gasteiger partial charge in [-0.25, -0.2) is 4.39 Å². The molecular weight excluding hydrogens is 259 g/mol. The first kappa shape index (κ1) is 13.9. The third-order valence-corrected chi connectivity index (χ3v) is 2.91. The lowest BCUT2D eigenvalue weighted by molar-refractivity contribution is 0.102. The Labute approximate surface area is 116 Å². The number of nitrogens with one attached hydrogen (secondary N) is 1. The largest absolute Gasteiger partial charge is 0.496 e. The number of carbonyl (C=O) groups is 1. The number of aryl methyl sites for hydroxylation is 1. The summed E-state index contributed by atoms with van der Waals surface area (Å²) < 4.78 is 18.2. The Bertz CT molecular complexity index is 656. The molecule has 0 aliphatic rings. The van der Waals surface area contributed by atoms with Crippen molar-refractivity contribution in [2.45, 2.75) is 6.92 Å². The molecule has 0 saturated heterocycles. The maximum absolute atomic E-state index is 13.0. The van der Waals surface area contributed by atoms with Crippen molar-refractivity contribution in [1.82, 2.24) is 0 Å². The maximum Gasteiger partial charge on any atom is 0.259 e. The van der Waals surface area contributed by atoms with Crippen LogP contribution in [0, 0.1) is 12.7 Å². The minimum atomic E-state index is -0.342. The number of carbonyl (C=O) groups excluding carboxylic acids is 1. The van der Waals surface area contributed by atoms with Crippen LogP contribution in [0.15, 0.2) is 36.4 Å². The summed E-state index contributed by atoms with van der Waals surface area (Å²) in [5, 5.41) is 2.72. The molecule has 0 aliphatic carbocycles. The van der Waals surface area contributed by atoms with Gasteiger partial charge in [-0.15, -0.1) is 0 Å². The van der Waals surface area contributed by atoms with E-state index >= 15 is 0 Å². The number of nitrogen functional groups attached to an aromatic ring is 1. The van der Waals surface area contributed by atoms with Gasteiger partial charge in [-0.1, -0.05) is 0 Å². The summed E-state index contributed by atoms with van der Waals surface area (Å²) in [6.45, 7) is 1.72. The van der Waals surface area contributed by atoms with Gasteiger partial charge in [0.2, 0.25) is 0 Å². The second-order valence-electron chi connectivity index (χ2n) is 4.37. The molecule has 0 radical (unpaired) electrons. The van der Waals surface area contributed by atoms with E-state index in [1.54, 1.807) is 25.1 Å². The highest BCUT2D eigenvalue weighted by Gasteiger charge is 2.13. The van der Waals surface area contributed by atoms with Crippen LogP contribution >= 0.6 is 0 Å². The van der Waals surface area contributed by atoms with Gasteiger partial charge in [0.15, 0.2) is 0 Å². The van der Waals surface area contributed by atoms with Crippen molar-refractivity contribution in [3.63, 3.8) is 0 Å². The molecule has 5 heteroatoms. The fraction of sp³-hybridized carbons (Fsp3) is 0.133. The highest BCUT2D eigenvalue weighted by molar-refractivity contribution is 6.06. The SMILES string of the molecule is COc1cc(N)ccc1C(=O)Nc1ccc(F)cc1C. The quantitative estimate of drug-likeness (QED) is 0.846. The molecule has 4 nitrogen and oxygen atoms in total. The van der Waals surface area contributed by atoms with Gasteiger partial charge in [0.25, 0.3) is 5.91 Å². The molecule has 104 valence electrons. The first-order chi connectivity index (χ1) is 9.51. The lowest BCUT2D eigenvalue weighted by Crippen LogP contribution is -2.14. The number of ether oxygens (including phenoxy) is 1. The second-order valence-corrected chi connectivity index (χ2v) is 4.37. The molecule has 2 rings (SSSR count). The molecule has 3 N–H and O–H groups in total. The van der Waals surface area contributed by atoms with Gasteiger partial charge in [-0.05, 0) is 42.8 Å². The molecule has 0 aliphatic heterocycles. The average Bonchev–Trinajstić information content (AvgIpc) is 2.41. The Kier molecular flexibility index (Phi) is 3.89. The smallest absolute Gasteiger partial charge is 0.259 e. The summed E-state index contributed by atoms with van der Waals surface area (Å²) in [5.41, 5.74) is 7.72. The van der Waals surface area contributed by atoms with Crippen LogP contribution in [-0.4, -0.2) is 13.0 Å². The fourth-order valence-corrected chi connectivity index (χ4v) is 1.85. The molecule has 0 saturated carbocycles. The van der Waals surface area contributed by atoms with Crippen LogP contribution < -0.4 is 15.8 Å². The lowest BCUT2D eigenvalue weighted by atomic mass is 10.1. The average molecular weight is 274 g/mol. The highest BCUT2D eigenvalue weighted by atomic mass is 19.1. The summed E-state index contributed by atoms with van der Waals surface area (Å²) in [4.78, 5) is 12.2. The number of halogens is 1. The Morgan fingerprint density at radius 3 is 2.65 bits per heavy atom.